The largest absolute Gasteiger partial charge is 0.478 e. The molecular weight excluding hydrogens is 358 g/mol. The summed E-state index contributed by atoms with van der Waals surface area (Å²) in [6.07, 6.45) is -2.53. The van der Waals surface area contributed by atoms with Gasteiger partial charge in [0.05, 0.1) is 0 Å². The van der Waals surface area contributed by atoms with E-state index in [1.807, 2.05) is 0 Å². The molecule has 0 aliphatic carbocycles. The number of rotatable bonds is 9. The maximum absolute atomic E-state index is 10.9. The zero-order chi connectivity index (χ0) is 18.5. The second kappa shape index (κ2) is 8.18. The van der Waals surface area contributed by atoms with Crippen LogP contribution in [0.15, 0.2) is 4.99 Å². The van der Waals surface area contributed by atoms with Crippen LogP contribution in [0.3, 0.4) is 0 Å². The summed E-state index contributed by atoms with van der Waals surface area (Å²) in [7, 11) is -9.31. The number of hydrogen-bond acceptors (Lipinski definition) is 6. The summed E-state index contributed by atoms with van der Waals surface area (Å²) in [6, 6.07) is 0. The van der Waals surface area contributed by atoms with E-state index in [4.69, 9.17) is 36.1 Å². The number of hydrogen-bond donors (Lipinski definition) is 8. The highest BCUT2D eigenvalue weighted by atomic mass is 31.2. The van der Waals surface area contributed by atoms with E-state index >= 15 is 0 Å². The minimum Gasteiger partial charge on any atom is -0.478 e. The fourth-order valence-electron chi connectivity index (χ4n) is 1.38. The van der Waals surface area contributed by atoms with Crippen molar-refractivity contribution < 1.29 is 43.7 Å². The predicted octanol–water partition coefficient (Wildman–Crippen LogP) is -2.61. The van der Waals surface area contributed by atoms with Crippen LogP contribution < -0.4 is 11.5 Å². The van der Waals surface area contributed by atoms with Crippen LogP contribution >= 0.6 is 15.2 Å². The fourth-order valence-corrected chi connectivity index (χ4v) is 2.92. The van der Waals surface area contributed by atoms with Crippen LogP contribution in [0.25, 0.3) is 0 Å². The van der Waals surface area contributed by atoms with E-state index in [1.165, 1.54) is 0 Å². The summed E-state index contributed by atoms with van der Waals surface area (Å²) in [6.45, 7) is -0.183. The molecule has 0 aromatic heterocycles. The third-order valence-corrected chi connectivity index (χ3v) is 3.81. The molecular formula is C8H20N4O9P2. The quantitative estimate of drug-likeness (QED) is 0.0676. The molecule has 0 fully saturated rings. The highest BCUT2D eigenvalue weighted by molar-refractivity contribution is 7.52. The maximum atomic E-state index is 10.9. The van der Waals surface area contributed by atoms with E-state index in [0.717, 1.165) is 0 Å². The minimum atomic E-state index is -4.66. The van der Waals surface area contributed by atoms with Crippen molar-refractivity contribution in [3.05, 3.63) is 0 Å². The molecule has 23 heavy (non-hydrogen) atoms. The number of guanidine groups is 1. The predicted molar refractivity (Wildman–Crippen MR) is 78.2 cm³/mol. The molecule has 0 spiro atoms. The van der Waals surface area contributed by atoms with E-state index in [-0.39, 0.29) is 19.4 Å². The lowest BCUT2D eigenvalue weighted by Crippen LogP contribution is -2.47. The Morgan fingerprint density at radius 3 is 1.91 bits per heavy atom. The van der Waals surface area contributed by atoms with Crippen molar-refractivity contribution in [1.82, 2.24) is 4.90 Å². The number of aliphatic carboxylic acids is 1. The first-order chi connectivity index (χ1) is 10.1. The Hall–Kier alpha value is -1.04. The van der Waals surface area contributed by atoms with Gasteiger partial charge in [-0.3, -0.25) is 19.9 Å². The molecule has 0 aromatic carbocycles. The molecule has 0 rings (SSSR count). The van der Waals surface area contributed by atoms with Gasteiger partial charge in [0.15, 0.2) is 5.96 Å². The lowest BCUT2D eigenvalue weighted by atomic mass is 10.1. The standard InChI is InChI=1S/C8H20N4O9P2/c9-7(11-3-1-2-8(10,15)6(13)14)12(4-22(16,17)18)5-23(19,20)21/h15H,1-5,10H2,(H2,9,11)(H,13,14)(H2,16,17,18)(H2,19,20,21). The number of aliphatic hydroxyl groups is 1. The summed E-state index contributed by atoms with van der Waals surface area (Å²) in [4.78, 5) is 50.2. The number of carbonyl (C=O) groups is 1. The number of carboxylic acids is 1. The van der Waals surface area contributed by atoms with Crippen molar-refractivity contribution in [3.8, 4) is 0 Å². The summed E-state index contributed by atoms with van der Waals surface area (Å²) >= 11 is 0. The Bertz CT molecular complexity index is 516. The van der Waals surface area contributed by atoms with Crippen LogP contribution in [0.5, 0.6) is 0 Å². The zero-order valence-electron chi connectivity index (χ0n) is 11.9. The molecule has 0 aliphatic heterocycles. The molecule has 0 aliphatic rings. The van der Waals surface area contributed by atoms with Crippen molar-refractivity contribution in [2.24, 2.45) is 16.5 Å². The average Bonchev–Trinajstić information content (AvgIpc) is 2.29. The molecule has 0 amide bonds. The lowest BCUT2D eigenvalue weighted by molar-refractivity contribution is -0.158. The average molecular weight is 378 g/mol. The highest BCUT2D eigenvalue weighted by Gasteiger charge is 2.30. The van der Waals surface area contributed by atoms with E-state index in [9.17, 15) is 19.0 Å². The van der Waals surface area contributed by atoms with Gasteiger partial charge >= 0.3 is 21.2 Å². The molecule has 0 aromatic rings. The van der Waals surface area contributed by atoms with Gasteiger partial charge in [0.1, 0.15) is 12.6 Å². The fraction of sp³-hybridized carbons (Fsp3) is 0.750. The molecule has 0 saturated heterocycles. The number of carboxylic acid groups (broad SMARTS) is 1. The third kappa shape index (κ3) is 10.4. The molecule has 1 unspecified atom stereocenters. The van der Waals surface area contributed by atoms with Crippen molar-refractivity contribution in [1.29, 1.82) is 0 Å². The van der Waals surface area contributed by atoms with Crippen molar-refractivity contribution in [3.63, 3.8) is 0 Å². The summed E-state index contributed by atoms with van der Waals surface area (Å²) in [5, 5.41) is 17.8. The molecule has 15 heteroatoms. The summed E-state index contributed by atoms with van der Waals surface area (Å²) < 4.78 is 21.9. The van der Waals surface area contributed by atoms with Crippen molar-refractivity contribution in [2.45, 2.75) is 18.6 Å². The first-order valence-electron chi connectivity index (χ1n) is 6.03. The van der Waals surface area contributed by atoms with Crippen LogP contribution in [-0.4, -0.2) is 71.5 Å². The van der Waals surface area contributed by atoms with Gasteiger partial charge in [0, 0.05) is 13.0 Å². The lowest BCUT2D eigenvalue weighted by Gasteiger charge is -2.24. The Balaban J connectivity index is 4.81. The molecule has 136 valence electrons. The van der Waals surface area contributed by atoms with Gasteiger partial charge in [0.2, 0.25) is 5.72 Å². The van der Waals surface area contributed by atoms with Crippen LogP contribution in [-0.2, 0) is 13.9 Å². The number of nitrogens with two attached hydrogens (primary N) is 2. The Morgan fingerprint density at radius 2 is 1.57 bits per heavy atom. The topological polar surface area (TPSA) is 240 Å². The third-order valence-electron chi connectivity index (χ3n) is 2.39. The summed E-state index contributed by atoms with van der Waals surface area (Å²) in [5.41, 5.74) is 8.03. The van der Waals surface area contributed by atoms with E-state index in [1.54, 1.807) is 0 Å². The van der Waals surface area contributed by atoms with Crippen LogP contribution in [0, 0.1) is 0 Å². The normalized spacial score (nSPS) is 16.0. The number of aliphatic imine (C=N–C) groups is 1. The van der Waals surface area contributed by atoms with Crippen LogP contribution in [0.4, 0.5) is 0 Å². The van der Waals surface area contributed by atoms with Gasteiger partial charge in [-0.05, 0) is 6.42 Å². The maximum Gasteiger partial charge on any atom is 0.350 e. The Kier molecular flexibility index (Phi) is 7.81. The van der Waals surface area contributed by atoms with Crippen molar-refractivity contribution in [2.75, 3.05) is 19.1 Å². The zero-order valence-corrected chi connectivity index (χ0v) is 13.7. The van der Waals surface area contributed by atoms with Gasteiger partial charge < -0.3 is 40.4 Å². The second-order valence-corrected chi connectivity index (χ2v) is 7.95. The second-order valence-electron chi connectivity index (χ2n) is 4.72. The van der Waals surface area contributed by atoms with Gasteiger partial charge in [-0.2, -0.15) is 0 Å². The first-order valence-corrected chi connectivity index (χ1v) is 9.62. The van der Waals surface area contributed by atoms with E-state index < -0.39 is 45.4 Å². The molecule has 10 N–H and O–H groups in total. The SMILES string of the molecule is NC(=NCCCC(N)(O)C(=O)O)N(CP(=O)(O)O)CP(=O)(O)O. The molecule has 13 nitrogen and oxygen atoms in total. The Morgan fingerprint density at radius 1 is 1.13 bits per heavy atom. The van der Waals surface area contributed by atoms with Gasteiger partial charge in [-0.25, -0.2) is 4.79 Å². The van der Waals surface area contributed by atoms with E-state index in [0.29, 0.717) is 4.90 Å². The van der Waals surface area contributed by atoms with Gasteiger partial charge in [-0.15, -0.1) is 0 Å². The van der Waals surface area contributed by atoms with Gasteiger partial charge in [-0.1, -0.05) is 0 Å². The van der Waals surface area contributed by atoms with Gasteiger partial charge in [0.25, 0.3) is 0 Å². The smallest absolute Gasteiger partial charge is 0.350 e. The molecule has 0 bridgehead atoms. The number of nitrogens with zero attached hydrogens (tertiary/aromatic N) is 2. The minimum absolute atomic E-state index is 0.0420. The molecule has 1 atom stereocenters. The molecule has 0 saturated carbocycles. The van der Waals surface area contributed by atoms with E-state index in [2.05, 4.69) is 4.99 Å². The Labute approximate surface area is 130 Å². The first kappa shape index (κ1) is 22.0. The monoisotopic (exact) mass is 378 g/mol. The van der Waals surface area contributed by atoms with Crippen LogP contribution in [0.2, 0.25) is 0 Å². The summed E-state index contributed by atoms with van der Waals surface area (Å²) in [5.74, 6) is -2.19. The highest BCUT2D eigenvalue weighted by Crippen LogP contribution is 2.40. The molecule has 0 heterocycles. The van der Waals surface area contributed by atoms with Crippen LogP contribution in [0.1, 0.15) is 12.8 Å². The van der Waals surface area contributed by atoms with Crippen molar-refractivity contribution >= 4 is 27.1 Å². The molecule has 0 radical (unpaired) electrons.